The van der Waals surface area contributed by atoms with Gasteiger partial charge in [0.25, 0.3) is 0 Å². The Balaban J connectivity index is 0.000000267. The molecule has 36 heavy (non-hydrogen) atoms. The second-order valence-corrected chi connectivity index (χ2v) is 11.4. The lowest BCUT2D eigenvalue weighted by molar-refractivity contribution is -0.145. The lowest BCUT2D eigenvalue weighted by Gasteiger charge is -2.23. The molecule has 9 nitrogen and oxygen atoms in total. The van der Waals surface area contributed by atoms with Crippen LogP contribution in [-0.2, 0) is 14.1 Å². The van der Waals surface area contributed by atoms with Crippen molar-refractivity contribution in [2.45, 2.75) is 63.4 Å². The van der Waals surface area contributed by atoms with Crippen molar-refractivity contribution in [3.8, 4) is 5.75 Å². The zero-order chi connectivity index (χ0) is 26.7. The molecule has 0 radical (unpaired) electrons. The summed E-state index contributed by atoms with van der Waals surface area (Å²) < 4.78 is 31.0. The highest BCUT2D eigenvalue weighted by Gasteiger charge is 2.34. The number of thioether (sulfide) groups is 1. The minimum Gasteiger partial charge on any atom is -0.465 e. The third kappa shape index (κ3) is 9.69. The lowest BCUT2D eigenvalue weighted by Crippen LogP contribution is -2.37. The number of anilines is 1. The van der Waals surface area contributed by atoms with E-state index in [0.717, 1.165) is 0 Å². The molecule has 200 valence electrons. The van der Waals surface area contributed by atoms with E-state index in [1.807, 2.05) is 37.3 Å². The van der Waals surface area contributed by atoms with Crippen LogP contribution in [0.15, 0.2) is 47.4 Å². The third-order valence-corrected chi connectivity index (χ3v) is 7.69. The number of para-hydroxylation sites is 1. The van der Waals surface area contributed by atoms with E-state index in [1.54, 1.807) is 14.0 Å². The van der Waals surface area contributed by atoms with Crippen LogP contribution in [0.4, 0.5) is 10.2 Å². The molecule has 1 aromatic carbocycles. The Kier molecular flexibility index (Phi) is 12.6. The maximum Gasteiger partial charge on any atom is 0.350 e. The molecule has 0 amide bonds. The number of esters is 1. The number of nitrogens with one attached hydrogen (secondary N) is 1. The minimum absolute atomic E-state index is 0.169. The van der Waals surface area contributed by atoms with Crippen molar-refractivity contribution in [3.63, 3.8) is 0 Å². The molecule has 1 aliphatic rings. The van der Waals surface area contributed by atoms with E-state index in [-0.39, 0.29) is 17.0 Å². The van der Waals surface area contributed by atoms with E-state index in [0.29, 0.717) is 31.1 Å². The number of nitrogen functional groups attached to an aromatic ring is 1. The molecule has 3 rings (SSSR count). The second-order valence-electron chi connectivity index (χ2n) is 8.54. The van der Waals surface area contributed by atoms with Crippen molar-refractivity contribution in [1.29, 1.82) is 0 Å². The third-order valence-electron chi connectivity index (χ3n) is 5.00. The van der Waals surface area contributed by atoms with Crippen molar-refractivity contribution >= 4 is 32.1 Å². The number of nitrogens with zero attached hydrogens (tertiary/aromatic N) is 2. The van der Waals surface area contributed by atoms with Crippen LogP contribution in [-0.4, -0.2) is 46.7 Å². The Morgan fingerprint density at radius 2 is 2.03 bits per heavy atom. The van der Waals surface area contributed by atoms with Crippen LogP contribution < -0.4 is 21.0 Å². The Morgan fingerprint density at radius 3 is 2.56 bits per heavy atom. The normalized spacial score (nSPS) is 20.8. The number of hydrogen-bond acceptors (Lipinski definition) is 9. The van der Waals surface area contributed by atoms with Gasteiger partial charge >= 0.3 is 20.2 Å². The fraction of sp³-hybridized carbons (Fsp3) is 0.542. The summed E-state index contributed by atoms with van der Waals surface area (Å²) in [6, 6.07) is 10.5. The maximum absolute atomic E-state index is 13.6. The molecular formula is C24H36FN4O5PS. The number of halogens is 1. The number of benzene rings is 1. The summed E-state index contributed by atoms with van der Waals surface area (Å²) in [6.45, 7) is 8.22. The van der Waals surface area contributed by atoms with Crippen molar-refractivity contribution < 1.29 is 23.0 Å². The number of ether oxygens (including phenoxy) is 1. The SMILES string of the molecule is CC1CC(F)C(n2ccc(N)nc2=O)S1.CCOC(=O)C(CC(C)C)NP(OC)Oc1ccccc1. The highest BCUT2D eigenvalue weighted by molar-refractivity contribution is 8.00. The average Bonchev–Trinajstić information content (AvgIpc) is 3.16. The van der Waals surface area contributed by atoms with E-state index in [9.17, 15) is 14.0 Å². The summed E-state index contributed by atoms with van der Waals surface area (Å²) in [6.07, 6.45) is 1.66. The van der Waals surface area contributed by atoms with E-state index in [1.165, 1.54) is 28.6 Å². The largest absolute Gasteiger partial charge is 0.465 e. The zero-order valence-corrected chi connectivity index (χ0v) is 23.0. The summed E-state index contributed by atoms with van der Waals surface area (Å²) in [5.41, 5.74) is 4.88. The molecule has 0 bridgehead atoms. The smallest absolute Gasteiger partial charge is 0.350 e. The van der Waals surface area contributed by atoms with Gasteiger partial charge in [-0.3, -0.25) is 9.36 Å². The molecule has 0 spiro atoms. The first kappa shape index (κ1) is 30.0. The standard InChI is InChI=1S/C15H24NO4P.C9H12FN3OS/c1-5-19-15(17)14(11-12(2)3)16-21(18-4)20-13-9-7-6-8-10-13;1-5-4-6(10)8(15-5)13-3-2-7(11)12-9(13)14/h6-10,12,14,16H,5,11H2,1-4H3;2-3,5-6,8H,4H2,1H3,(H2,11,12,14). The fourth-order valence-corrected chi connectivity index (χ4v) is 5.76. The van der Waals surface area contributed by atoms with Crippen molar-refractivity contribution in [1.82, 2.24) is 14.6 Å². The fourth-order valence-electron chi connectivity index (χ4n) is 3.41. The number of aromatic nitrogens is 2. The van der Waals surface area contributed by atoms with E-state index in [4.69, 9.17) is 19.5 Å². The second kappa shape index (κ2) is 15.1. The van der Waals surface area contributed by atoms with Crippen LogP contribution in [0.3, 0.4) is 0 Å². The van der Waals surface area contributed by atoms with Gasteiger partial charge in [-0.2, -0.15) is 4.98 Å². The Bertz CT molecular complexity index is 1000. The van der Waals surface area contributed by atoms with Gasteiger partial charge in [-0.05, 0) is 43.9 Å². The van der Waals surface area contributed by atoms with Crippen LogP contribution in [0.25, 0.3) is 0 Å². The topological polar surface area (TPSA) is 118 Å². The molecular weight excluding hydrogens is 506 g/mol. The number of carbonyl (C=O) groups excluding carboxylic acids is 1. The highest BCUT2D eigenvalue weighted by atomic mass is 32.2. The van der Waals surface area contributed by atoms with E-state index in [2.05, 4.69) is 23.9 Å². The van der Waals surface area contributed by atoms with E-state index >= 15 is 0 Å². The predicted molar refractivity (Wildman–Crippen MR) is 143 cm³/mol. The van der Waals surface area contributed by atoms with Gasteiger partial charge in [-0.15, -0.1) is 11.8 Å². The molecule has 12 heteroatoms. The van der Waals surface area contributed by atoms with Crippen molar-refractivity contribution in [2.24, 2.45) is 5.92 Å². The van der Waals surface area contributed by atoms with Crippen LogP contribution >= 0.6 is 20.3 Å². The quantitative estimate of drug-likeness (QED) is 0.326. The molecule has 2 heterocycles. The van der Waals surface area contributed by atoms with E-state index < -0.39 is 31.8 Å². The van der Waals surface area contributed by atoms with Gasteiger partial charge in [0.05, 0.1) is 6.61 Å². The molecule has 5 unspecified atom stereocenters. The Hall–Kier alpha value is -2.20. The molecule has 3 N–H and O–H groups in total. The van der Waals surface area contributed by atoms with Crippen LogP contribution in [0.2, 0.25) is 0 Å². The van der Waals surface area contributed by atoms with Gasteiger partial charge in [0, 0.05) is 18.6 Å². The predicted octanol–water partition coefficient (Wildman–Crippen LogP) is 4.69. The summed E-state index contributed by atoms with van der Waals surface area (Å²) in [5.74, 6) is 0.956. The molecule has 1 aliphatic heterocycles. The molecule has 0 aliphatic carbocycles. The van der Waals surface area contributed by atoms with Crippen molar-refractivity contribution in [3.05, 3.63) is 53.1 Å². The van der Waals surface area contributed by atoms with Crippen LogP contribution in [0.1, 0.15) is 45.9 Å². The summed E-state index contributed by atoms with van der Waals surface area (Å²) >= 11 is 1.45. The van der Waals surface area contributed by atoms with Gasteiger partial charge in [-0.1, -0.05) is 39.0 Å². The molecule has 1 fully saturated rings. The number of alkyl halides is 1. The monoisotopic (exact) mass is 542 g/mol. The minimum atomic E-state index is -1.40. The Labute approximate surface area is 217 Å². The molecule has 0 saturated carbocycles. The van der Waals surface area contributed by atoms with Gasteiger partial charge in [0.15, 0.2) is 0 Å². The molecule has 1 aromatic heterocycles. The molecule has 1 saturated heterocycles. The number of carbonyl (C=O) groups is 1. The lowest BCUT2D eigenvalue weighted by atomic mass is 10.1. The number of rotatable bonds is 10. The average molecular weight is 543 g/mol. The van der Waals surface area contributed by atoms with Crippen LogP contribution in [0.5, 0.6) is 5.75 Å². The Morgan fingerprint density at radius 1 is 1.33 bits per heavy atom. The summed E-state index contributed by atoms with van der Waals surface area (Å²) in [5, 5.41) is 2.89. The van der Waals surface area contributed by atoms with Gasteiger partial charge in [0.2, 0.25) is 0 Å². The zero-order valence-electron chi connectivity index (χ0n) is 21.3. The summed E-state index contributed by atoms with van der Waals surface area (Å²) in [7, 11) is 0.156. The van der Waals surface area contributed by atoms with Gasteiger partial charge in [-0.25, -0.2) is 14.3 Å². The maximum atomic E-state index is 13.6. The first-order chi connectivity index (χ1) is 17.1. The number of nitrogens with two attached hydrogens (primary N) is 1. The van der Waals surface area contributed by atoms with Gasteiger partial charge < -0.3 is 19.5 Å². The highest BCUT2D eigenvalue weighted by Crippen LogP contribution is 2.42. The number of hydrogen-bond donors (Lipinski definition) is 2. The molecule has 2 aromatic rings. The first-order valence-corrected chi connectivity index (χ1v) is 13.9. The van der Waals surface area contributed by atoms with Gasteiger partial charge in [0.1, 0.15) is 29.2 Å². The van der Waals surface area contributed by atoms with Crippen LogP contribution in [0, 0.1) is 5.92 Å². The van der Waals surface area contributed by atoms with Crippen molar-refractivity contribution in [2.75, 3.05) is 19.5 Å². The first-order valence-electron chi connectivity index (χ1n) is 11.8. The molecule has 5 atom stereocenters. The summed E-state index contributed by atoms with van der Waals surface area (Å²) in [4.78, 5) is 27.1.